The summed E-state index contributed by atoms with van der Waals surface area (Å²) in [6, 6.07) is 0.216. The first-order valence-corrected chi connectivity index (χ1v) is 4.73. The SMILES string of the molecule is NCc1cn([C@@H]2COC[C@H]2CN)nn1. The lowest BCUT2D eigenvalue weighted by Crippen LogP contribution is -2.25. The zero-order valence-corrected chi connectivity index (χ0v) is 7.97. The summed E-state index contributed by atoms with van der Waals surface area (Å²) < 4.78 is 7.17. The van der Waals surface area contributed by atoms with Crippen molar-refractivity contribution in [2.45, 2.75) is 12.6 Å². The van der Waals surface area contributed by atoms with Crippen LogP contribution in [-0.4, -0.2) is 34.8 Å². The van der Waals surface area contributed by atoms with Gasteiger partial charge in [-0.15, -0.1) is 5.10 Å². The monoisotopic (exact) mass is 197 g/mol. The molecule has 0 aliphatic carbocycles. The zero-order chi connectivity index (χ0) is 9.97. The van der Waals surface area contributed by atoms with E-state index in [1.54, 1.807) is 0 Å². The Balaban J connectivity index is 2.13. The second-order valence-electron chi connectivity index (χ2n) is 3.49. The van der Waals surface area contributed by atoms with Gasteiger partial charge in [-0.1, -0.05) is 5.21 Å². The molecule has 78 valence electrons. The third kappa shape index (κ3) is 1.63. The molecule has 0 saturated carbocycles. The molecule has 0 bridgehead atoms. The second kappa shape index (κ2) is 4.04. The fraction of sp³-hybridized carbons (Fsp3) is 0.750. The van der Waals surface area contributed by atoms with Gasteiger partial charge < -0.3 is 16.2 Å². The molecule has 1 aliphatic heterocycles. The summed E-state index contributed by atoms with van der Waals surface area (Å²) in [4.78, 5) is 0. The van der Waals surface area contributed by atoms with Crippen molar-refractivity contribution in [3.63, 3.8) is 0 Å². The van der Waals surface area contributed by atoms with Crippen LogP contribution in [0.3, 0.4) is 0 Å². The van der Waals surface area contributed by atoms with Gasteiger partial charge in [-0.25, -0.2) is 4.68 Å². The van der Waals surface area contributed by atoms with E-state index >= 15 is 0 Å². The molecule has 4 N–H and O–H groups in total. The Hall–Kier alpha value is -0.980. The number of aromatic nitrogens is 3. The molecule has 6 heteroatoms. The van der Waals surface area contributed by atoms with Crippen molar-refractivity contribution < 1.29 is 4.74 Å². The van der Waals surface area contributed by atoms with Crippen molar-refractivity contribution in [1.29, 1.82) is 0 Å². The molecule has 1 aromatic heterocycles. The van der Waals surface area contributed by atoms with Crippen molar-refractivity contribution in [3.8, 4) is 0 Å². The van der Waals surface area contributed by atoms with Crippen molar-refractivity contribution in [2.75, 3.05) is 19.8 Å². The number of ether oxygens (including phenoxy) is 1. The molecule has 2 heterocycles. The summed E-state index contributed by atoms with van der Waals surface area (Å²) in [6.45, 7) is 2.40. The summed E-state index contributed by atoms with van der Waals surface area (Å²) in [5.74, 6) is 0.335. The van der Waals surface area contributed by atoms with Crippen molar-refractivity contribution in [2.24, 2.45) is 17.4 Å². The third-order valence-electron chi connectivity index (χ3n) is 2.57. The van der Waals surface area contributed by atoms with E-state index in [0.717, 1.165) is 5.69 Å². The van der Waals surface area contributed by atoms with E-state index in [-0.39, 0.29) is 6.04 Å². The smallest absolute Gasteiger partial charge is 0.0962 e. The Morgan fingerprint density at radius 3 is 3.00 bits per heavy atom. The normalized spacial score (nSPS) is 27.0. The third-order valence-corrected chi connectivity index (χ3v) is 2.57. The first-order valence-electron chi connectivity index (χ1n) is 4.73. The van der Waals surface area contributed by atoms with Crippen LogP contribution in [0.4, 0.5) is 0 Å². The van der Waals surface area contributed by atoms with Crippen LogP contribution in [0.5, 0.6) is 0 Å². The van der Waals surface area contributed by atoms with Crippen LogP contribution in [0.25, 0.3) is 0 Å². The maximum Gasteiger partial charge on any atom is 0.0962 e. The Kier molecular flexibility index (Phi) is 2.76. The van der Waals surface area contributed by atoms with E-state index in [4.69, 9.17) is 16.2 Å². The van der Waals surface area contributed by atoms with E-state index in [1.807, 2.05) is 10.9 Å². The largest absolute Gasteiger partial charge is 0.379 e. The summed E-state index contributed by atoms with van der Waals surface area (Å²) >= 11 is 0. The predicted molar refractivity (Wildman–Crippen MR) is 50.3 cm³/mol. The highest BCUT2D eigenvalue weighted by atomic mass is 16.5. The highest BCUT2D eigenvalue weighted by Gasteiger charge is 2.29. The van der Waals surface area contributed by atoms with Gasteiger partial charge >= 0.3 is 0 Å². The molecule has 0 aromatic carbocycles. The average Bonchev–Trinajstić information content (AvgIpc) is 2.85. The quantitative estimate of drug-likeness (QED) is 0.640. The maximum atomic E-state index is 5.63. The summed E-state index contributed by atoms with van der Waals surface area (Å²) in [6.07, 6.45) is 1.86. The van der Waals surface area contributed by atoms with Crippen LogP contribution in [0.1, 0.15) is 11.7 Å². The van der Waals surface area contributed by atoms with Crippen LogP contribution in [-0.2, 0) is 11.3 Å². The molecule has 2 atom stereocenters. The second-order valence-corrected chi connectivity index (χ2v) is 3.49. The molecule has 2 rings (SSSR count). The molecule has 0 amide bonds. The zero-order valence-electron chi connectivity index (χ0n) is 7.97. The minimum Gasteiger partial charge on any atom is -0.379 e. The molecular weight excluding hydrogens is 182 g/mol. The van der Waals surface area contributed by atoms with Crippen LogP contribution >= 0.6 is 0 Å². The predicted octanol–water partition coefficient (Wildman–Crippen LogP) is -1.12. The van der Waals surface area contributed by atoms with Crippen LogP contribution in [0.15, 0.2) is 6.20 Å². The Bertz CT molecular complexity index is 300. The molecule has 1 saturated heterocycles. The first kappa shape index (κ1) is 9.57. The van der Waals surface area contributed by atoms with E-state index in [1.165, 1.54) is 0 Å². The van der Waals surface area contributed by atoms with Crippen LogP contribution in [0, 0.1) is 5.92 Å². The van der Waals surface area contributed by atoms with Crippen molar-refractivity contribution in [3.05, 3.63) is 11.9 Å². The minimum absolute atomic E-state index is 0.216. The fourth-order valence-corrected chi connectivity index (χ4v) is 1.67. The number of hydrogen-bond donors (Lipinski definition) is 2. The molecule has 14 heavy (non-hydrogen) atoms. The molecule has 1 fully saturated rings. The number of nitrogens with zero attached hydrogens (tertiary/aromatic N) is 3. The maximum absolute atomic E-state index is 5.63. The van der Waals surface area contributed by atoms with Crippen molar-refractivity contribution in [1.82, 2.24) is 15.0 Å². The Morgan fingerprint density at radius 2 is 2.36 bits per heavy atom. The molecular formula is C8H15N5O. The fourth-order valence-electron chi connectivity index (χ4n) is 1.67. The van der Waals surface area contributed by atoms with Gasteiger partial charge in [-0.05, 0) is 6.54 Å². The van der Waals surface area contributed by atoms with Gasteiger partial charge in [-0.2, -0.15) is 0 Å². The Labute approximate surface area is 82.2 Å². The lowest BCUT2D eigenvalue weighted by Gasteiger charge is -2.14. The van der Waals surface area contributed by atoms with Crippen LogP contribution in [0.2, 0.25) is 0 Å². The van der Waals surface area contributed by atoms with E-state index in [2.05, 4.69) is 10.3 Å². The lowest BCUT2D eigenvalue weighted by molar-refractivity contribution is 0.180. The van der Waals surface area contributed by atoms with Gasteiger partial charge in [0.25, 0.3) is 0 Å². The molecule has 0 spiro atoms. The Morgan fingerprint density at radius 1 is 1.50 bits per heavy atom. The molecule has 1 aliphatic rings. The number of rotatable bonds is 3. The topological polar surface area (TPSA) is 92.0 Å². The first-order chi connectivity index (χ1) is 6.85. The molecule has 6 nitrogen and oxygen atoms in total. The van der Waals surface area contributed by atoms with Gasteiger partial charge in [0.05, 0.1) is 31.1 Å². The van der Waals surface area contributed by atoms with E-state index in [0.29, 0.717) is 32.2 Å². The van der Waals surface area contributed by atoms with Gasteiger partial charge in [0.15, 0.2) is 0 Å². The molecule has 1 aromatic rings. The highest BCUT2D eigenvalue weighted by Crippen LogP contribution is 2.23. The van der Waals surface area contributed by atoms with Gasteiger partial charge in [0.1, 0.15) is 0 Å². The minimum atomic E-state index is 0.216. The van der Waals surface area contributed by atoms with Crippen LogP contribution < -0.4 is 11.5 Å². The van der Waals surface area contributed by atoms with E-state index < -0.39 is 0 Å². The van der Waals surface area contributed by atoms with Gasteiger partial charge in [0, 0.05) is 12.5 Å². The standard InChI is InChI=1S/C8H15N5O/c9-1-6-4-14-5-8(6)13-3-7(2-10)11-12-13/h3,6,8H,1-2,4-5,9-10H2/t6-,8-/m1/s1. The highest BCUT2D eigenvalue weighted by molar-refractivity contribution is 4.94. The molecule has 0 radical (unpaired) electrons. The number of nitrogens with two attached hydrogens (primary N) is 2. The van der Waals surface area contributed by atoms with Gasteiger partial charge in [0.2, 0.25) is 0 Å². The summed E-state index contributed by atoms with van der Waals surface area (Å²) in [7, 11) is 0. The van der Waals surface area contributed by atoms with Crippen molar-refractivity contribution >= 4 is 0 Å². The molecule has 0 unspecified atom stereocenters. The average molecular weight is 197 g/mol. The van der Waals surface area contributed by atoms with Gasteiger partial charge in [-0.3, -0.25) is 0 Å². The number of hydrogen-bond acceptors (Lipinski definition) is 5. The summed E-state index contributed by atoms with van der Waals surface area (Å²) in [5, 5.41) is 7.96. The van der Waals surface area contributed by atoms with E-state index in [9.17, 15) is 0 Å². The lowest BCUT2D eigenvalue weighted by atomic mass is 10.0. The summed E-state index contributed by atoms with van der Waals surface area (Å²) in [5.41, 5.74) is 11.9.